The van der Waals surface area contributed by atoms with Crippen molar-refractivity contribution in [3.05, 3.63) is 65.5 Å². The summed E-state index contributed by atoms with van der Waals surface area (Å²) in [6, 6.07) is 8.12. The smallest absolute Gasteiger partial charge is 0.218 e. The topological polar surface area (TPSA) is 134 Å². The number of rotatable bonds is 11. The number of ether oxygens (including phenoxy) is 2. The van der Waals surface area contributed by atoms with Crippen molar-refractivity contribution in [2.75, 3.05) is 19.7 Å². The summed E-state index contributed by atoms with van der Waals surface area (Å²) in [6.07, 6.45) is 12.3. The van der Waals surface area contributed by atoms with Crippen LogP contribution < -0.4 is 15.8 Å². The van der Waals surface area contributed by atoms with Gasteiger partial charge >= 0.3 is 0 Å². The van der Waals surface area contributed by atoms with Crippen molar-refractivity contribution in [2.24, 2.45) is 17.1 Å². The fraction of sp³-hybridized carbons (Fsp3) is 0.562. The standard InChI is InChI=1S/C32H39N3O6/c33-27(37)10-14-34-13-3-15-40-22-8-6-20(7-9-22)16-21-19-35(24-5-2-1-4-23(21)24)25-17-31(25)28(38)30(11-12-30)29(39)32(41-31)18-26(32)36/h1-2,5-9,19,23,25-26,29,34,36,39H,3-4,10-18H2,(H2,33,37)/t23?,25?,26-,29-,31+,32?/m0/s1. The lowest BCUT2D eigenvalue weighted by atomic mass is 9.81. The van der Waals surface area contributed by atoms with Crippen molar-refractivity contribution < 1.29 is 29.3 Å². The maximum absolute atomic E-state index is 13.7. The molecule has 2 aliphatic heterocycles. The van der Waals surface area contributed by atoms with Gasteiger partial charge in [-0.05, 0) is 68.0 Å². The molecule has 9 heteroatoms. The Morgan fingerprint density at radius 2 is 1.95 bits per heavy atom. The summed E-state index contributed by atoms with van der Waals surface area (Å²) in [5.41, 5.74) is 6.20. The molecule has 1 amide bonds. The molecule has 3 saturated carbocycles. The van der Waals surface area contributed by atoms with Gasteiger partial charge in [0, 0.05) is 43.6 Å². The number of aliphatic hydroxyl groups is 2. The maximum atomic E-state index is 13.7. The van der Waals surface area contributed by atoms with E-state index in [0.29, 0.717) is 45.3 Å². The molecule has 0 bridgehead atoms. The minimum Gasteiger partial charge on any atom is -0.494 e. The quantitative estimate of drug-likeness (QED) is 0.301. The Balaban J connectivity index is 1.00. The van der Waals surface area contributed by atoms with Crippen LogP contribution in [0.1, 0.15) is 50.5 Å². The van der Waals surface area contributed by atoms with Crippen LogP contribution in [-0.2, 0) is 20.7 Å². The molecular weight excluding hydrogens is 522 g/mol. The largest absolute Gasteiger partial charge is 0.494 e. The highest BCUT2D eigenvalue weighted by molar-refractivity contribution is 6.00. The van der Waals surface area contributed by atoms with Crippen molar-refractivity contribution in [2.45, 2.75) is 80.8 Å². The van der Waals surface area contributed by atoms with Crippen molar-refractivity contribution in [1.29, 1.82) is 0 Å². The molecule has 41 heavy (non-hydrogen) atoms. The zero-order valence-electron chi connectivity index (χ0n) is 23.3. The van der Waals surface area contributed by atoms with Gasteiger partial charge in [0.2, 0.25) is 5.91 Å². The number of aliphatic hydroxyl groups excluding tert-OH is 2. The van der Waals surface area contributed by atoms with E-state index in [1.165, 1.54) is 16.8 Å². The summed E-state index contributed by atoms with van der Waals surface area (Å²) in [6.45, 7) is 1.94. The first kappa shape index (κ1) is 26.9. The monoisotopic (exact) mass is 561 g/mol. The Morgan fingerprint density at radius 1 is 1.17 bits per heavy atom. The molecule has 1 aromatic rings. The Bertz CT molecular complexity index is 1330. The van der Waals surface area contributed by atoms with E-state index < -0.39 is 28.8 Å². The number of fused-ring (bicyclic) bond motifs is 1. The SMILES string of the molecule is NC(=O)CCNCCCOc1ccc(CC2=CN(C3C[C@@]34OC3(C[C@@H]3O)[C@@H](O)C3(CC3)C4=O)C3=CC=CCC23)cc1. The van der Waals surface area contributed by atoms with Gasteiger partial charge in [0.1, 0.15) is 11.4 Å². The van der Waals surface area contributed by atoms with Crippen molar-refractivity contribution in [3.63, 3.8) is 0 Å². The number of nitrogens with one attached hydrogen (secondary N) is 1. The molecule has 0 aromatic heterocycles. The first-order valence-electron chi connectivity index (χ1n) is 15.0. The Hall–Kier alpha value is -2.98. The average molecular weight is 562 g/mol. The van der Waals surface area contributed by atoms with Gasteiger partial charge in [-0.3, -0.25) is 9.59 Å². The molecule has 2 heterocycles. The number of carbonyl (C=O) groups is 2. The number of benzene rings is 1. The van der Waals surface area contributed by atoms with Crippen LogP contribution in [0.4, 0.5) is 0 Å². The third-order valence-electron chi connectivity index (χ3n) is 9.94. The molecule has 3 spiro atoms. The van der Waals surface area contributed by atoms with Crippen LogP contribution in [0.5, 0.6) is 5.75 Å². The van der Waals surface area contributed by atoms with Crippen molar-refractivity contribution in [1.82, 2.24) is 10.2 Å². The molecule has 7 rings (SSSR count). The van der Waals surface area contributed by atoms with E-state index >= 15 is 0 Å². The first-order chi connectivity index (χ1) is 19.8. The van der Waals surface area contributed by atoms with E-state index in [1.807, 2.05) is 12.1 Å². The van der Waals surface area contributed by atoms with Gasteiger partial charge in [-0.2, -0.15) is 0 Å². The number of primary amides is 1. The van der Waals surface area contributed by atoms with Crippen LogP contribution in [0.25, 0.3) is 0 Å². The second kappa shape index (κ2) is 9.80. The fourth-order valence-corrected chi connectivity index (χ4v) is 7.31. The highest BCUT2D eigenvalue weighted by Gasteiger charge is 2.84. The minimum absolute atomic E-state index is 0.0367. The second-order valence-electron chi connectivity index (χ2n) is 12.7. The Labute approximate surface area is 240 Å². The number of ketones is 1. The number of amides is 1. The molecule has 6 aliphatic rings. The number of carbonyl (C=O) groups excluding carboxylic acids is 2. The van der Waals surface area contributed by atoms with E-state index in [9.17, 15) is 19.8 Å². The van der Waals surface area contributed by atoms with E-state index in [4.69, 9.17) is 15.2 Å². The average Bonchev–Trinajstić information content (AvgIpc) is 3.92. The molecule has 3 unspecified atom stereocenters. The predicted octanol–water partition coefficient (Wildman–Crippen LogP) is 1.88. The summed E-state index contributed by atoms with van der Waals surface area (Å²) >= 11 is 0. The van der Waals surface area contributed by atoms with E-state index in [-0.39, 0.29) is 23.7 Å². The van der Waals surface area contributed by atoms with E-state index in [1.54, 1.807) is 0 Å². The lowest BCUT2D eigenvalue weighted by Gasteiger charge is -2.41. The molecule has 4 fully saturated rings. The van der Waals surface area contributed by atoms with Gasteiger partial charge in [-0.1, -0.05) is 24.3 Å². The predicted molar refractivity (Wildman–Crippen MR) is 150 cm³/mol. The molecule has 1 aromatic carbocycles. The van der Waals surface area contributed by atoms with E-state index in [0.717, 1.165) is 31.6 Å². The van der Waals surface area contributed by atoms with Gasteiger partial charge < -0.3 is 35.6 Å². The third kappa shape index (κ3) is 4.45. The van der Waals surface area contributed by atoms with Crippen LogP contribution in [0.15, 0.2) is 60.0 Å². The minimum atomic E-state index is -0.975. The summed E-state index contributed by atoms with van der Waals surface area (Å²) < 4.78 is 12.3. The first-order valence-corrected chi connectivity index (χ1v) is 15.0. The summed E-state index contributed by atoms with van der Waals surface area (Å²) in [4.78, 5) is 26.8. The van der Waals surface area contributed by atoms with Gasteiger partial charge in [-0.15, -0.1) is 0 Å². The summed E-state index contributed by atoms with van der Waals surface area (Å²) in [5.74, 6) is 0.825. The number of hydrogen-bond acceptors (Lipinski definition) is 8. The summed E-state index contributed by atoms with van der Waals surface area (Å²) in [7, 11) is 0. The van der Waals surface area contributed by atoms with Crippen molar-refractivity contribution >= 4 is 11.7 Å². The zero-order valence-corrected chi connectivity index (χ0v) is 23.3. The molecule has 4 aliphatic carbocycles. The van der Waals surface area contributed by atoms with Crippen LogP contribution in [0.2, 0.25) is 0 Å². The maximum Gasteiger partial charge on any atom is 0.218 e. The number of hydrogen-bond donors (Lipinski definition) is 4. The van der Waals surface area contributed by atoms with Crippen LogP contribution in [-0.4, -0.2) is 76.0 Å². The Kier molecular flexibility index (Phi) is 6.43. The number of Topliss-reactive ketones (excluding diaryl/α,β-unsaturated/α-hetero) is 1. The molecule has 9 nitrogen and oxygen atoms in total. The normalized spacial score (nSPS) is 35.5. The van der Waals surface area contributed by atoms with Gasteiger partial charge in [-0.25, -0.2) is 0 Å². The molecule has 6 atom stereocenters. The molecule has 218 valence electrons. The van der Waals surface area contributed by atoms with Crippen LogP contribution in [0, 0.1) is 11.3 Å². The van der Waals surface area contributed by atoms with Crippen LogP contribution in [0.3, 0.4) is 0 Å². The lowest BCUT2D eigenvalue weighted by Crippen LogP contribution is -2.59. The Morgan fingerprint density at radius 3 is 2.66 bits per heavy atom. The highest BCUT2D eigenvalue weighted by Crippen LogP contribution is 2.70. The number of nitrogens with two attached hydrogens (primary N) is 1. The second-order valence-corrected chi connectivity index (χ2v) is 12.7. The van der Waals surface area contributed by atoms with Crippen LogP contribution >= 0.6 is 0 Å². The molecular formula is C32H39N3O6. The lowest BCUT2D eigenvalue weighted by molar-refractivity contribution is -0.199. The fourth-order valence-electron chi connectivity index (χ4n) is 7.31. The third-order valence-corrected chi connectivity index (χ3v) is 9.94. The highest BCUT2D eigenvalue weighted by atomic mass is 16.6. The molecule has 0 radical (unpaired) electrons. The summed E-state index contributed by atoms with van der Waals surface area (Å²) in [5, 5.41) is 24.6. The molecule has 1 saturated heterocycles. The van der Waals surface area contributed by atoms with Gasteiger partial charge in [0.25, 0.3) is 0 Å². The molecule has 5 N–H and O–H groups in total. The zero-order chi connectivity index (χ0) is 28.4. The number of nitrogens with zero attached hydrogens (tertiary/aromatic N) is 1. The number of allylic oxidation sites excluding steroid dienone is 4. The van der Waals surface area contributed by atoms with E-state index in [2.05, 4.69) is 46.8 Å². The van der Waals surface area contributed by atoms with Gasteiger partial charge in [0.05, 0.1) is 30.3 Å². The van der Waals surface area contributed by atoms with Crippen molar-refractivity contribution in [3.8, 4) is 5.75 Å². The van der Waals surface area contributed by atoms with Gasteiger partial charge in [0.15, 0.2) is 11.4 Å².